The molecule has 4 heteroatoms. The highest BCUT2D eigenvalue weighted by Crippen LogP contribution is 2.40. The van der Waals surface area contributed by atoms with Crippen molar-refractivity contribution in [3.8, 4) is 5.75 Å². The number of hydrogen-bond donors (Lipinski definition) is 1. The maximum absolute atomic E-state index is 5.32. The van der Waals surface area contributed by atoms with Gasteiger partial charge in [-0.15, -0.1) is 0 Å². The van der Waals surface area contributed by atoms with Crippen LogP contribution in [0.2, 0.25) is 0 Å². The lowest BCUT2D eigenvalue weighted by molar-refractivity contribution is 0.415. The maximum Gasteiger partial charge on any atom is 0.121 e. The van der Waals surface area contributed by atoms with Gasteiger partial charge in [0.25, 0.3) is 0 Å². The predicted octanol–water partition coefficient (Wildman–Crippen LogP) is 2.67. The van der Waals surface area contributed by atoms with Gasteiger partial charge in [-0.2, -0.15) is 0 Å². The standard InChI is InChI=1S/C16H21N3O/c1-3-19-15-7-5-11(20-2)9-14(15)18-16(19)12-8-10-4-6-13(12)17-10/h5,7,9-10,12-13,17H,3-4,6,8H2,1-2H3. The van der Waals surface area contributed by atoms with Gasteiger partial charge in [-0.1, -0.05) is 0 Å². The van der Waals surface area contributed by atoms with E-state index in [0.717, 1.165) is 17.8 Å². The monoisotopic (exact) mass is 271 g/mol. The Kier molecular flexibility index (Phi) is 2.74. The second kappa shape index (κ2) is 4.48. The van der Waals surface area contributed by atoms with Crippen molar-refractivity contribution in [1.82, 2.24) is 14.9 Å². The lowest BCUT2D eigenvalue weighted by atomic mass is 9.88. The molecule has 2 saturated heterocycles. The van der Waals surface area contributed by atoms with Gasteiger partial charge in [-0.3, -0.25) is 0 Å². The summed E-state index contributed by atoms with van der Waals surface area (Å²) in [6.07, 6.45) is 3.87. The van der Waals surface area contributed by atoms with Crippen LogP contribution in [-0.2, 0) is 6.54 Å². The van der Waals surface area contributed by atoms with E-state index in [2.05, 4.69) is 22.9 Å². The highest BCUT2D eigenvalue weighted by Gasteiger charge is 2.41. The number of methoxy groups -OCH3 is 1. The van der Waals surface area contributed by atoms with Gasteiger partial charge in [0, 0.05) is 30.6 Å². The average molecular weight is 271 g/mol. The summed E-state index contributed by atoms with van der Waals surface area (Å²) >= 11 is 0. The van der Waals surface area contributed by atoms with E-state index >= 15 is 0 Å². The van der Waals surface area contributed by atoms with Crippen molar-refractivity contribution in [1.29, 1.82) is 0 Å². The van der Waals surface area contributed by atoms with Crippen LogP contribution in [0.25, 0.3) is 11.0 Å². The number of hydrogen-bond acceptors (Lipinski definition) is 3. The molecule has 0 amide bonds. The molecule has 106 valence electrons. The van der Waals surface area contributed by atoms with Crippen LogP contribution < -0.4 is 10.1 Å². The Balaban J connectivity index is 1.82. The molecule has 0 saturated carbocycles. The highest BCUT2D eigenvalue weighted by atomic mass is 16.5. The zero-order valence-electron chi connectivity index (χ0n) is 12.1. The molecule has 1 N–H and O–H groups in total. The first-order chi connectivity index (χ1) is 9.80. The zero-order chi connectivity index (χ0) is 13.7. The molecule has 2 fully saturated rings. The summed E-state index contributed by atoms with van der Waals surface area (Å²) < 4.78 is 7.70. The van der Waals surface area contributed by atoms with E-state index in [-0.39, 0.29) is 0 Å². The molecule has 3 heterocycles. The Labute approximate surface area is 119 Å². The van der Waals surface area contributed by atoms with E-state index in [1.54, 1.807) is 7.11 Å². The van der Waals surface area contributed by atoms with Gasteiger partial charge in [0.1, 0.15) is 11.6 Å². The maximum atomic E-state index is 5.32. The Morgan fingerprint density at radius 1 is 1.40 bits per heavy atom. The van der Waals surface area contributed by atoms with Crippen LogP contribution >= 0.6 is 0 Å². The van der Waals surface area contributed by atoms with Gasteiger partial charge in [0.05, 0.1) is 18.1 Å². The second-order valence-electron chi connectivity index (χ2n) is 5.96. The van der Waals surface area contributed by atoms with Crippen molar-refractivity contribution >= 4 is 11.0 Å². The molecule has 3 atom stereocenters. The summed E-state index contributed by atoms with van der Waals surface area (Å²) in [7, 11) is 1.71. The molecule has 3 unspecified atom stereocenters. The largest absolute Gasteiger partial charge is 0.497 e. The minimum absolute atomic E-state index is 0.576. The molecule has 2 bridgehead atoms. The minimum Gasteiger partial charge on any atom is -0.497 e. The summed E-state index contributed by atoms with van der Waals surface area (Å²) in [6.45, 7) is 3.18. The smallest absolute Gasteiger partial charge is 0.121 e. The molecule has 2 aromatic rings. The van der Waals surface area contributed by atoms with Gasteiger partial charge in [0.2, 0.25) is 0 Å². The fraction of sp³-hybridized carbons (Fsp3) is 0.562. The van der Waals surface area contributed by atoms with Crippen LogP contribution in [0, 0.1) is 0 Å². The molecular formula is C16H21N3O. The number of rotatable bonds is 3. The zero-order valence-corrected chi connectivity index (χ0v) is 12.1. The number of ether oxygens (including phenoxy) is 1. The Morgan fingerprint density at radius 3 is 2.95 bits per heavy atom. The van der Waals surface area contributed by atoms with Crippen molar-refractivity contribution < 1.29 is 4.74 Å². The third-order valence-electron chi connectivity index (χ3n) is 4.93. The fourth-order valence-corrected chi connectivity index (χ4v) is 3.98. The lowest BCUT2D eigenvalue weighted by Gasteiger charge is -2.20. The molecular weight excluding hydrogens is 250 g/mol. The summed E-state index contributed by atoms with van der Waals surface area (Å²) in [5, 5.41) is 3.72. The summed E-state index contributed by atoms with van der Waals surface area (Å²) in [4.78, 5) is 4.94. The van der Waals surface area contributed by atoms with E-state index in [4.69, 9.17) is 9.72 Å². The molecule has 0 aliphatic carbocycles. The lowest BCUT2D eigenvalue weighted by Crippen LogP contribution is -2.23. The summed E-state index contributed by atoms with van der Waals surface area (Å²) in [5.74, 6) is 2.72. The van der Waals surface area contributed by atoms with E-state index in [1.807, 2.05) is 12.1 Å². The fourth-order valence-electron chi connectivity index (χ4n) is 3.98. The highest BCUT2D eigenvalue weighted by molar-refractivity contribution is 5.78. The molecule has 2 aliphatic heterocycles. The van der Waals surface area contributed by atoms with Crippen LogP contribution in [0.4, 0.5) is 0 Å². The van der Waals surface area contributed by atoms with Gasteiger partial charge in [-0.05, 0) is 38.3 Å². The molecule has 1 aromatic heterocycles. The van der Waals surface area contributed by atoms with Gasteiger partial charge in [0.15, 0.2) is 0 Å². The molecule has 4 nitrogen and oxygen atoms in total. The first kappa shape index (κ1) is 12.2. The molecule has 0 spiro atoms. The van der Waals surface area contributed by atoms with Gasteiger partial charge in [-0.25, -0.2) is 4.98 Å². The first-order valence-electron chi connectivity index (χ1n) is 7.60. The molecule has 2 aliphatic rings. The van der Waals surface area contributed by atoms with Crippen LogP contribution in [0.15, 0.2) is 18.2 Å². The third kappa shape index (κ3) is 1.67. The van der Waals surface area contributed by atoms with Crippen molar-refractivity contribution in [2.75, 3.05) is 7.11 Å². The van der Waals surface area contributed by atoms with Crippen LogP contribution in [0.5, 0.6) is 5.75 Å². The number of fused-ring (bicyclic) bond motifs is 3. The van der Waals surface area contributed by atoms with Gasteiger partial charge >= 0.3 is 0 Å². The van der Waals surface area contributed by atoms with Crippen molar-refractivity contribution in [2.24, 2.45) is 0 Å². The first-order valence-corrected chi connectivity index (χ1v) is 7.60. The van der Waals surface area contributed by atoms with Gasteiger partial charge < -0.3 is 14.6 Å². The number of aromatic nitrogens is 2. The molecule has 0 radical (unpaired) electrons. The second-order valence-corrected chi connectivity index (χ2v) is 5.96. The summed E-state index contributed by atoms with van der Waals surface area (Å²) in [5.41, 5.74) is 2.29. The SMILES string of the molecule is CCn1c(C2CC3CCC2N3)nc2cc(OC)ccc21. The quantitative estimate of drug-likeness (QED) is 0.933. The third-order valence-corrected chi connectivity index (χ3v) is 4.93. The van der Waals surface area contributed by atoms with Crippen molar-refractivity contribution in [3.63, 3.8) is 0 Å². The number of imidazole rings is 1. The number of benzene rings is 1. The number of nitrogens with zero attached hydrogens (tertiary/aromatic N) is 2. The molecule has 20 heavy (non-hydrogen) atoms. The minimum atomic E-state index is 0.576. The Bertz CT molecular complexity index is 648. The van der Waals surface area contributed by atoms with E-state index in [9.17, 15) is 0 Å². The Hall–Kier alpha value is -1.55. The van der Waals surface area contributed by atoms with Crippen molar-refractivity contribution in [3.05, 3.63) is 24.0 Å². The number of nitrogens with one attached hydrogen (secondary N) is 1. The van der Waals surface area contributed by atoms with E-state index in [1.165, 1.54) is 30.6 Å². The molecule has 4 rings (SSSR count). The van der Waals surface area contributed by atoms with Crippen LogP contribution in [-0.4, -0.2) is 28.7 Å². The van der Waals surface area contributed by atoms with E-state index in [0.29, 0.717) is 18.0 Å². The Morgan fingerprint density at radius 2 is 2.30 bits per heavy atom. The molecule has 1 aromatic carbocycles. The van der Waals surface area contributed by atoms with Crippen LogP contribution in [0.1, 0.15) is 37.9 Å². The van der Waals surface area contributed by atoms with Crippen LogP contribution in [0.3, 0.4) is 0 Å². The number of aryl methyl sites for hydroxylation is 1. The van der Waals surface area contributed by atoms with E-state index < -0.39 is 0 Å². The summed E-state index contributed by atoms with van der Waals surface area (Å²) in [6, 6.07) is 7.55. The normalized spacial score (nSPS) is 28.4. The average Bonchev–Trinajstić information content (AvgIpc) is 3.18. The van der Waals surface area contributed by atoms with Crippen molar-refractivity contribution in [2.45, 2.75) is 50.7 Å². The predicted molar refractivity (Wildman–Crippen MR) is 79.3 cm³/mol. The topological polar surface area (TPSA) is 39.1 Å².